The molecule has 3 amide bonds. The molecule has 3 N–H and O–H groups in total. The number of quaternary nitrogens is 1. The summed E-state index contributed by atoms with van der Waals surface area (Å²) < 4.78 is 4.84. The Morgan fingerprint density at radius 3 is 2.55 bits per heavy atom. The summed E-state index contributed by atoms with van der Waals surface area (Å²) in [4.78, 5) is 36.2. The monoisotopic (exact) mass is 451 g/mol. The van der Waals surface area contributed by atoms with E-state index in [-0.39, 0.29) is 23.0 Å². The van der Waals surface area contributed by atoms with Crippen LogP contribution in [0.25, 0.3) is 0 Å². The van der Waals surface area contributed by atoms with Crippen molar-refractivity contribution in [3.8, 4) is 0 Å². The van der Waals surface area contributed by atoms with Crippen LogP contribution in [-0.4, -0.2) is 80.3 Å². The molecule has 11 heteroatoms. The molecule has 0 saturated carbocycles. The molecular weight excluding hydrogens is 419 g/mol. The Hall–Kier alpha value is -2.55. The number of ether oxygens (including phenoxy) is 1. The molecule has 1 aromatic rings. The lowest BCUT2D eigenvalue weighted by Crippen LogP contribution is -2.53. The number of carbonyl (C=O) groups is 3. The first-order valence-corrected chi connectivity index (χ1v) is 11.1. The first kappa shape index (κ1) is 24.7. The largest absolute Gasteiger partial charge is 0.467 e. The topological polar surface area (TPSA) is 112 Å². The number of hydrogen-bond donors (Lipinski definition) is 3. The standard InChI is InChI=1S/C20H31N6O4P/c1-26(2,3)20(29)22-16(19(28)30-4)12-8-9-13-21-17(27)14-25-23-18(31-24-25)15-10-6-5-7-11-15/h5-7,10-11,16,24,31H,8-9,12-14H2,1-4H3,(H-,21,22,27,29)/p+1. The Morgan fingerprint density at radius 2 is 1.90 bits per heavy atom. The number of unbranched alkanes of at least 4 members (excludes halogenated alkanes) is 1. The van der Waals surface area contributed by atoms with E-state index in [9.17, 15) is 14.4 Å². The van der Waals surface area contributed by atoms with Gasteiger partial charge in [0.15, 0.2) is 0 Å². The van der Waals surface area contributed by atoms with Gasteiger partial charge in [-0.05, 0) is 19.3 Å². The lowest BCUT2D eigenvalue weighted by Gasteiger charge is -2.24. The predicted octanol–water partition coefficient (Wildman–Crippen LogP) is 1.01. The van der Waals surface area contributed by atoms with Crippen LogP contribution in [-0.2, 0) is 14.3 Å². The van der Waals surface area contributed by atoms with Crippen LogP contribution in [0.15, 0.2) is 35.4 Å². The summed E-state index contributed by atoms with van der Waals surface area (Å²) in [5, 5.41) is 14.7. The second kappa shape index (κ2) is 11.7. The number of nitrogens with zero attached hydrogens (tertiary/aromatic N) is 3. The number of nitrogens with one attached hydrogen (secondary N) is 3. The van der Waals surface area contributed by atoms with E-state index in [2.05, 4.69) is 20.9 Å². The molecule has 0 aliphatic carbocycles. The quantitative estimate of drug-likeness (QED) is 0.212. The normalized spacial score (nSPS) is 15.4. The fourth-order valence-corrected chi connectivity index (χ4v) is 3.56. The summed E-state index contributed by atoms with van der Waals surface area (Å²) in [6, 6.07) is 8.87. The van der Waals surface area contributed by atoms with Crippen LogP contribution in [0.2, 0.25) is 0 Å². The Morgan fingerprint density at radius 1 is 1.19 bits per heavy atom. The molecule has 1 heterocycles. The van der Waals surface area contributed by atoms with Gasteiger partial charge in [-0.25, -0.2) is 19.2 Å². The second-order valence-corrected chi connectivity index (χ2v) is 8.94. The van der Waals surface area contributed by atoms with Crippen molar-refractivity contribution in [1.82, 2.24) is 20.9 Å². The van der Waals surface area contributed by atoms with Gasteiger partial charge < -0.3 is 10.1 Å². The Bertz CT molecular complexity index is 797. The average molecular weight is 451 g/mol. The summed E-state index contributed by atoms with van der Waals surface area (Å²) >= 11 is 0. The number of urea groups is 1. The van der Waals surface area contributed by atoms with Crippen LogP contribution in [0.3, 0.4) is 0 Å². The van der Waals surface area contributed by atoms with Crippen molar-refractivity contribution in [2.45, 2.75) is 25.3 Å². The van der Waals surface area contributed by atoms with Crippen molar-refractivity contribution in [3.05, 3.63) is 35.9 Å². The van der Waals surface area contributed by atoms with Gasteiger partial charge in [0.1, 0.15) is 18.0 Å². The zero-order chi connectivity index (χ0) is 22.9. The van der Waals surface area contributed by atoms with Gasteiger partial charge in [0.25, 0.3) is 0 Å². The summed E-state index contributed by atoms with van der Waals surface area (Å²) in [6.45, 7) is 0.592. The second-order valence-electron chi connectivity index (χ2n) is 7.99. The zero-order valence-electron chi connectivity index (χ0n) is 18.5. The van der Waals surface area contributed by atoms with Crippen LogP contribution in [0.1, 0.15) is 24.8 Å². The molecule has 0 fully saturated rings. The van der Waals surface area contributed by atoms with Gasteiger partial charge in [-0.15, -0.1) is 0 Å². The molecule has 1 aliphatic heterocycles. The van der Waals surface area contributed by atoms with Gasteiger partial charge in [0, 0.05) is 20.8 Å². The predicted molar refractivity (Wildman–Crippen MR) is 120 cm³/mol. The Kier molecular flexibility index (Phi) is 9.36. The molecule has 10 nitrogen and oxygen atoms in total. The molecule has 2 unspecified atom stereocenters. The first-order chi connectivity index (χ1) is 14.7. The third-order valence-electron chi connectivity index (χ3n) is 4.50. The van der Waals surface area contributed by atoms with Crippen molar-refractivity contribution in [2.24, 2.45) is 5.10 Å². The van der Waals surface area contributed by atoms with Gasteiger partial charge in [0.05, 0.1) is 28.3 Å². The molecule has 0 saturated heterocycles. The summed E-state index contributed by atoms with van der Waals surface area (Å²) in [7, 11) is 6.78. The molecule has 0 radical (unpaired) electrons. The molecule has 2 rings (SSSR count). The maximum absolute atomic E-state index is 12.2. The van der Waals surface area contributed by atoms with Gasteiger partial charge >= 0.3 is 12.0 Å². The van der Waals surface area contributed by atoms with E-state index in [1.54, 1.807) is 26.3 Å². The van der Waals surface area contributed by atoms with Crippen LogP contribution in [0, 0.1) is 0 Å². The highest BCUT2D eigenvalue weighted by molar-refractivity contribution is 7.57. The van der Waals surface area contributed by atoms with Crippen LogP contribution < -0.4 is 15.8 Å². The van der Waals surface area contributed by atoms with Crippen molar-refractivity contribution in [1.29, 1.82) is 0 Å². The highest BCUT2D eigenvalue weighted by Crippen LogP contribution is 2.22. The lowest BCUT2D eigenvalue weighted by molar-refractivity contribution is -0.787. The maximum atomic E-state index is 12.2. The zero-order valence-corrected chi connectivity index (χ0v) is 19.5. The van der Waals surface area contributed by atoms with E-state index in [0.29, 0.717) is 34.5 Å². The van der Waals surface area contributed by atoms with Crippen molar-refractivity contribution >= 4 is 32.1 Å². The molecule has 0 spiro atoms. The van der Waals surface area contributed by atoms with Crippen molar-refractivity contribution < 1.29 is 23.6 Å². The Labute approximate surface area is 184 Å². The summed E-state index contributed by atoms with van der Waals surface area (Å²) in [6.07, 6.45) is 1.76. The summed E-state index contributed by atoms with van der Waals surface area (Å²) in [5.41, 5.74) is 1.95. The SMILES string of the molecule is COC(=O)C(CCCCNC(=O)CN1N=C(c2ccccc2)PN1)NC(=O)[N+](C)(C)C. The number of hydrazine groups is 1. The fourth-order valence-electron chi connectivity index (χ4n) is 2.72. The Balaban J connectivity index is 1.69. The molecule has 0 aromatic heterocycles. The van der Waals surface area contributed by atoms with Gasteiger partial charge in [-0.3, -0.25) is 10.1 Å². The number of hydrazone groups is 1. The van der Waals surface area contributed by atoms with Crippen LogP contribution >= 0.6 is 8.73 Å². The minimum absolute atomic E-state index is 0.0587. The third-order valence-corrected chi connectivity index (χ3v) is 5.49. The molecule has 1 aliphatic rings. The maximum Gasteiger partial charge on any atom is 0.416 e. The van der Waals surface area contributed by atoms with Crippen molar-refractivity contribution in [2.75, 3.05) is 41.3 Å². The van der Waals surface area contributed by atoms with Crippen molar-refractivity contribution in [3.63, 3.8) is 0 Å². The molecule has 2 atom stereocenters. The van der Waals surface area contributed by atoms with Crippen LogP contribution in [0.5, 0.6) is 0 Å². The molecule has 31 heavy (non-hydrogen) atoms. The lowest BCUT2D eigenvalue weighted by atomic mass is 10.1. The number of methoxy groups -OCH3 is 1. The van der Waals surface area contributed by atoms with Gasteiger partial charge in [-0.1, -0.05) is 30.3 Å². The van der Waals surface area contributed by atoms with E-state index in [1.807, 2.05) is 30.3 Å². The number of carbonyl (C=O) groups excluding carboxylic acids is 3. The average Bonchev–Trinajstić information content (AvgIpc) is 3.20. The molecular formula is C20H32N6O4P+. The number of hydrogen-bond acceptors (Lipinski definition) is 7. The first-order valence-electron chi connectivity index (χ1n) is 10.1. The third kappa shape index (κ3) is 8.24. The van der Waals surface area contributed by atoms with E-state index < -0.39 is 12.0 Å². The molecule has 1 aromatic carbocycles. The van der Waals surface area contributed by atoms with E-state index in [1.165, 1.54) is 7.11 Å². The highest BCUT2D eigenvalue weighted by Gasteiger charge is 2.28. The van der Waals surface area contributed by atoms with E-state index in [0.717, 1.165) is 11.0 Å². The number of esters is 1. The number of benzene rings is 1. The smallest absolute Gasteiger partial charge is 0.416 e. The van der Waals surface area contributed by atoms with Gasteiger partial charge in [-0.2, -0.15) is 10.3 Å². The van der Waals surface area contributed by atoms with Crippen LogP contribution in [0.4, 0.5) is 4.79 Å². The van der Waals surface area contributed by atoms with E-state index in [4.69, 9.17) is 4.74 Å². The highest BCUT2D eigenvalue weighted by atomic mass is 31.1. The van der Waals surface area contributed by atoms with Gasteiger partial charge in [0.2, 0.25) is 5.91 Å². The molecule has 0 bridgehead atoms. The minimum atomic E-state index is -0.703. The molecule has 170 valence electrons. The number of rotatable bonds is 10. The fraction of sp³-hybridized carbons (Fsp3) is 0.500. The number of amides is 3. The minimum Gasteiger partial charge on any atom is -0.467 e. The van der Waals surface area contributed by atoms with E-state index >= 15 is 0 Å². The summed E-state index contributed by atoms with van der Waals surface area (Å²) in [5.74, 6) is -0.614.